The Bertz CT molecular complexity index is 752. The van der Waals surface area contributed by atoms with E-state index in [4.69, 9.17) is 9.47 Å². The van der Waals surface area contributed by atoms with Crippen LogP contribution in [0.15, 0.2) is 0 Å². The highest BCUT2D eigenvalue weighted by atomic mass is 19.2. The van der Waals surface area contributed by atoms with Crippen molar-refractivity contribution < 1.29 is 41.0 Å². The predicted molar refractivity (Wildman–Crippen MR) is 96.5 cm³/mol. The zero-order valence-corrected chi connectivity index (χ0v) is 16.9. The molecule has 168 valence electrons. The van der Waals surface area contributed by atoms with Gasteiger partial charge in [0.2, 0.25) is 5.82 Å². The fraction of sp³-hybridized carbons (Fsp3) is 0.619. The van der Waals surface area contributed by atoms with E-state index < -0.39 is 65.0 Å². The number of esters is 2. The minimum atomic E-state index is -2.28. The van der Waals surface area contributed by atoms with Crippen molar-refractivity contribution in [3.8, 4) is 0 Å². The molecule has 2 atom stereocenters. The van der Waals surface area contributed by atoms with Gasteiger partial charge in [-0.25, -0.2) is 22.0 Å². The Morgan fingerprint density at radius 2 is 1.30 bits per heavy atom. The van der Waals surface area contributed by atoms with Crippen LogP contribution >= 0.6 is 0 Å². The summed E-state index contributed by atoms with van der Waals surface area (Å²) in [7, 11) is 0. The molecule has 1 fully saturated rings. The van der Waals surface area contributed by atoms with Gasteiger partial charge < -0.3 is 9.47 Å². The van der Waals surface area contributed by atoms with E-state index in [0.29, 0.717) is 38.0 Å². The lowest BCUT2D eigenvalue weighted by molar-refractivity contribution is -0.163. The molecule has 1 aliphatic carbocycles. The summed E-state index contributed by atoms with van der Waals surface area (Å²) in [4.78, 5) is 24.8. The van der Waals surface area contributed by atoms with Gasteiger partial charge in [-0.15, -0.1) is 0 Å². The molecule has 0 heterocycles. The van der Waals surface area contributed by atoms with Crippen LogP contribution in [0.5, 0.6) is 0 Å². The maximum Gasteiger partial charge on any atom is 0.310 e. The molecule has 9 heteroatoms. The third kappa shape index (κ3) is 5.70. The number of rotatable bonds is 8. The summed E-state index contributed by atoms with van der Waals surface area (Å²) in [5, 5.41) is 0. The highest BCUT2D eigenvalue weighted by Crippen LogP contribution is 2.33. The minimum absolute atomic E-state index is 0.222. The highest BCUT2D eigenvalue weighted by molar-refractivity contribution is 5.82. The van der Waals surface area contributed by atoms with Crippen molar-refractivity contribution in [2.24, 2.45) is 17.8 Å². The molecular weight excluding hydrogens is 411 g/mol. The first-order valence-corrected chi connectivity index (χ1v) is 9.98. The predicted octanol–water partition coefficient (Wildman–Crippen LogP) is 5.21. The van der Waals surface area contributed by atoms with E-state index >= 15 is 0 Å². The Kier molecular flexibility index (Phi) is 8.61. The number of carbonyl (C=O) groups excluding carboxylic acids is 2. The van der Waals surface area contributed by atoms with Crippen molar-refractivity contribution in [1.82, 2.24) is 0 Å². The van der Waals surface area contributed by atoms with E-state index in [0.717, 1.165) is 6.42 Å². The monoisotopic (exact) mass is 436 g/mol. The lowest BCUT2D eigenvalue weighted by atomic mass is 9.79. The standard InChI is InChI=1S/C21H25F5O4/c1-11(2)6-5-9-29-20(27)12-7-3-4-8-13(12)21(28)30-10-14-15(22)17(24)19(26)18(25)16(14)23/h11-13H,3-10H2,1-2H3. The number of hydrogen-bond acceptors (Lipinski definition) is 4. The van der Waals surface area contributed by atoms with Gasteiger partial charge in [-0.1, -0.05) is 26.7 Å². The topological polar surface area (TPSA) is 52.6 Å². The molecule has 4 nitrogen and oxygen atoms in total. The third-order valence-corrected chi connectivity index (χ3v) is 5.20. The molecule has 2 unspecified atom stereocenters. The average molecular weight is 436 g/mol. The van der Waals surface area contributed by atoms with E-state index in [1.165, 1.54) is 0 Å². The van der Waals surface area contributed by atoms with Crippen molar-refractivity contribution in [3.05, 3.63) is 34.6 Å². The van der Waals surface area contributed by atoms with E-state index in [9.17, 15) is 31.5 Å². The summed E-state index contributed by atoms with van der Waals surface area (Å²) in [6.07, 6.45) is 3.61. The summed E-state index contributed by atoms with van der Waals surface area (Å²) in [5.74, 6) is -13.3. The van der Waals surface area contributed by atoms with Crippen molar-refractivity contribution in [3.63, 3.8) is 0 Å². The van der Waals surface area contributed by atoms with Crippen LogP contribution in [0.2, 0.25) is 0 Å². The number of ether oxygens (including phenoxy) is 2. The van der Waals surface area contributed by atoms with Gasteiger partial charge in [-0.2, -0.15) is 0 Å². The number of halogens is 5. The van der Waals surface area contributed by atoms with Crippen LogP contribution in [-0.2, 0) is 25.7 Å². The van der Waals surface area contributed by atoms with Crippen LogP contribution in [0.25, 0.3) is 0 Å². The summed E-state index contributed by atoms with van der Waals surface area (Å²) in [6, 6.07) is 0. The van der Waals surface area contributed by atoms with Crippen LogP contribution in [0.1, 0.15) is 57.9 Å². The molecule has 0 saturated heterocycles. The molecule has 2 rings (SSSR count). The van der Waals surface area contributed by atoms with Crippen LogP contribution < -0.4 is 0 Å². The first-order valence-electron chi connectivity index (χ1n) is 9.98. The Morgan fingerprint density at radius 1 is 0.833 bits per heavy atom. The van der Waals surface area contributed by atoms with Crippen LogP contribution in [0, 0.1) is 46.8 Å². The molecule has 1 aromatic carbocycles. The van der Waals surface area contributed by atoms with Gasteiger partial charge in [-0.3, -0.25) is 9.59 Å². The van der Waals surface area contributed by atoms with Crippen molar-refractivity contribution in [1.29, 1.82) is 0 Å². The summed E-state index contributed by atoms with van der Waals surface area (Å²) < 4.78 is 77.3. The highest BCUT2D eigenvalue weighted by Gasteiger charge is 2.38. The fourth-order valence-electron chi connectivity index (χ4n) is 3.49. The van der Waals surface area contributed by atoms with Gasteiger partial charge >= 0.3 is 11.9 Å². The van der Waals surface area contributed by atoms with Gasteiger partial charge in [0, 0.05) is 0 Å². The maximum absolute atomic E-state index is 13.7. The molecule has 0 aliphatic heterocycles. The second kappa shape index (κ2) is 10.7. The maximum atomic E-state index is 13.7. The molecule has 0 bridgehead atoms. The lowest BCUT2D eigenvalue weighted by Gasteiger charge is -2.28. The van der Waals surface area contributed by atoms with Gasteiger partial charge in [0.05, 0.1) is 24.0 Å². The van der Waals surface area contributed by atoms with Crippen LogP contribution in [0.4, 0.5) is 22.0 Å². The SMILES string of the molecule is CC(C)CCCOC(=O)C1CCCCC1C(=O)OCc1c(F)c(F)c(F)c(F)c1F. The van der Waals surface area contributed by atoms with Gasteiger partial charge in [-0.05, 0) is 31.6 Å². The Morgan fingerprint density at radius 3 is 1.80 bits per heavy atom. The third-order valence-electron chi connectivity index (χ3n) is 5.20. The first-order chi connectivity index (χ1) is 14.1. The Balaban J connectivity index is 2.02. The van der Waals surface area contributed by atoms with Gasteiger partial charge in [0.1, 0.15) is 6.61 Å². The summed E-state index contributed by atoms with van der Waals surface area (Å²) in [6.45, 7) is 3.18. The molecule has 0 spiro atoms. The second-order valence-electron chi connectivity index (χ2n) is 7.86. The molecule has 30 heavy (non-hydrogen) atoms. The minimum Gasteiger partial charge on any atom is -0.465 e. The molecule has 1 saturated carbocycles. The summed E-state index contributed by atoms with van der Waals surface area (Å²) >= 11 is 0. The fourth-order valence-corrected chi connectivity index (χ4v) is 3.49. The van der Waals surface area contributed by atoms with Crippen LogP contribution in [-0.4, -0.2) is 18.5 Å². The van der Waals surface area contributed by atoms with E-state index in [1.54, 1.807) is 0 Å². The van der Waals surface area contributed by atoms with E-state index in [-0.39, 0.29) is 6.61 Å². The Hall–Kier alpha value is -2.19. The molecule has 1 aliphatic rings. The zero-order valence-electron chi connectivity index (χ0n) is 16.9. The number of carbonyl (C=O) groups is 2. The first kappa shape index (κ1) is 24.1. The van der Waals surface area contributed by atoms with Crippen LogP contribution in [0.3, 0.4) is 0 Å². The largest absolute Gasteiger partial charge is 0.465 e. The zero-order chi connectivity index (χ0) is 22.4. The van der Waals surface area contributed by atoms with Gasteiger partial charge in [0.25, 0.3) is 0 Å². The number of benzene rings is 1. The van der Waals surface area contributed by atoms with Crippen molar-refractivity contribution >= 4 is 11.9 Å². The smallest absolute Gasteiger partial charge is 0.310 e. The van der Waals surface area contributed by atoms with E-state index in [1.807, 2.05) is 13.8 Å². The molecule has 1 aromatic rings. The molecule has 0 amide bonds. The quantitative estimate of drug-likeness (QED) is 0.185. The molecule has 0 aromatic heterocycles. The Labute approximate surface area is 171 Å². The van der Waals surface area contributed by atoms with E-state index in [2.05, 4.69) is 0 Å². The average Bonchev–Trinajstić information content (AvgIpc) is 2.73. The normalized spacial score (nSPS) is 19.1. The summed E-state index contributed by atoms with van der Waals surface area (Å²) in [5.41, 5.74) is -1.23. The lowest BCUT2D eigenvalue weighted by Crippen LogP contribution is -2.35. The molecule has 0 radical (unpaired) electrons. The van der Waals surface area contributed by atoms with Crippen molar-refractivity contribution in [2.45, 2.75) is 59.0 Å². The second-order valence-corrected chi connectivity index (χ2v) is 7.86. The molecule has 0 N–H and O–H groups in total. The molecular formula is C21H25F5O4. The number of hydrogen-bond donors (Lipinski definition) is 0. The van der Waals surface area contributed by atoms with Crippen molar-refractivity contribution in [2.75, 3.05) is 6.61 Å². The van der Waals surface area contributed by atoms with Gasteiger partial charge in [0.15, 0.2) is 23.3 Å².